The van der Waals surface area contributed by atoms with Crippen molar-refractivity contribution in [3.8, 4) is 0 Å². The Morgan fingerprint density at radius 1 is 1.58 bits per heavy atom. The Hall–Kier alpha value is -2.12. The fourth-order valence-corrected chi connectivity index (χ4v) is 2.29. The van der Waals surface area contributed by atoms with Gasteiger partial charge in [-0.05, 0) is 5.92 Å². The van der Waals surface area contributed by atoms with Gasteiger partial charge >= 0.3 is 12.0 Å². The van der Waals surface area contributed by atoms with Crippen LogP contribution in [0.1, 0.15) is 12.7 Å². The van der Waals surface area contributed by atoms with Gasteiger partial charge in [-0.25, -0.2) is 9.78 Å². The highest BCUT2D eigenvalue weighted by atomic mass is 16.4. The van der Waals surface area contributed by atoms with Crippen LogP contribution in [0.4, 0.5) is 4.79 Å². The maximum Gasteiger partial charge on any atom is 0.320 e. The van der Waals surface area contributed by atoms with Crippen LogP contribution in [0.25, 0.3) is 0 Å². The number of carboxylic acid groups (broad SMARTS) is 1. The zero-order valence-corrected chi connectivity index (χ0v) is 10.9. The van der Waals surface area contributed by atoms with Gasteiger partial charge in [0.2, 0.25) is 0 Å². The van der Waals surface area contributed by atoms with Crippen molar-refractivity contribution in [2.45, 2.75) is 13.5 Å². The van der Waals surface area contributed by atoms with Crippen LogP contribution in [-0.2, 0) is 11.3 Å². The fourth-order valence-electron chi connectivity index (χ4n) is 2.29. The molecule has 2 atom stereocenters. The van der Waals surface area contributed by atoms with Crippen molar-refractivity contribution in [1.29, 1.82) is 0 Å². The predicted molar refractivity (Wildman–Crippen MR) is 65.1 cm³/mol. The predicted octanol–water partition coefficient (Wildman–Crippen LogP) is 0.00900. The molecule has 1 fully saturated rings. The van der Waals surface area contributed by atoms with Crippen molar-refractivity contribution in [1.82, 2.24) is 25.0 Å². The summed E-state index contributed by atoms with van der Waals surface area (Å²) in [6.45, 7) is 2.90. The van der Waals surface area contributed by atoms with Crippen LogP contribution < -0.4 is 0 Å². The summed E-state index contributed by atoms with van der Waals surface area (Å²) in [6, 6.07) is -0.188. The van der Waals surface area contributed by atoms with Crippen molar-refractivity contribution in [3.63, 3.8) is 0 Å². The number of aliphatic carboxylic acids is 1. The summed E-state index contributed by atoms with van der Waals surface area (Å²) in [6.07, 6.45) is 1.38. The van der Waals surface area contributed by atoms with Crippen LogP contribution in [0.15, 0.2) is 6.33 Å². The molecule has 1 saturated heterocycles. The first-order valence-electron chi connectivity index (χ1n) is 6.06. The van der Waals surface area contributed by atoms with Crippen LogP contribution in [0, 0.1) is 11.8 Å². The number of urea groups is 1. The molecule has 2 N–H and O–H groups in total. The van der Waals surface area contributed by atoms with E-state index < -0.39 is 11.9 Å². The number of carboxylic acids is 1. The smallest absolute Gasteiger partial charge is 0.320 e. The number of H-pyrrole nitrogens is 1. The summed E-state index contributed by atoms with van der Waals surface area (Å²) in [5.41, 5.74) is 0. The Balaban J connectivity index is 1.95. The van der Waals surface area contributed by atoms with E-state index in [2.05, 4.69) is 15.2 Å². The first-order chi connectivity index (χ1) is 8.99. The van der Waals surface area contributed by atoms with Crippen LogP contribution in [0.5, 0.6) is 0 Å². The van der Waals surface area contributed by atoms with Gasteiger partial charge in [-0.2, -0.15) is 5.10 Å². The molecular formula is C11H17N5O3. The fraction of sp³-hybridized carbons (Fsp3) is 0.636. The molecule has 2 heterocycles. The second kappa shape index (κ2) is 5.25. The van der Waals surface area contributed by atoms with Crippen LogP contribution in [-0.4, -0.2) is 62.2 Å². The van der Waals surface area contributed by atoms with Gasteiger partial charge in [-0.1, -0.05) is 6.92 Å². The lowest BCUT2D eigenvalue weighted by atomic mass is 9.99. The molecule has 104 valence electrons. The third-order valence-corrected chi connectivity index (χ3v) is 3.38. The van der Waals surface area contributed by atoms with Gasteiger partial charge in [0.25, 0.3) is 0 Å². The molecule has 8 nitrogen and oxygen atoms in total. The monoisotopic (exact) mass is 267 g/mol. The summed E-state index contributed by atoms with van der Waals surface area (Å²) in [5, 5.41) is 15.5. The SMILES string of the molecule is C[C@@H]1CN(C(=O)N(C)Cc2ncn[nH]2)C[C@H]1C(=O)O. The number of likely N-dealkylation sites (tertiary alicyclic amines) is 1. The van der Waals surface area contributed by atoms with Crippen molar-refractivity contribution >= 4 is 12.0 Å². The lowest BCUT2D eigenvalue weighted by Gasteiger charge is -2.23. The lowest BCUT2D eigenvalue weighted by molar-refractivity contribution is -0.142. The number of carbonyl (C=O) groups is 2. The quantitative estimate of drug-likeness (QED) is 0.803. The maximum atomic E-state index is 12.2. The summed E-state index contributed by atoms with van der Waals surface area (Å²) in [7, 11) is 1.66. The minimum absolute atomic E-state index is 0.0277. The molecule has 1 aliphatic rings. The van der Waals surface area contributed by atoms with E-state index in [1.807, 2.05) is 6.92 Å². The average molecular weight is 267 g/mol. The first kappa shape index (κ1) is 13.3. The van der Waals surface area contributed by atoms with Gasteiger partial charge in [0, 0.05) is 20.1 Å². The largest absolute Gasteiger partial charge is 0.481 e. The first-order valence-corrected chi connectivity index (χ1v) is 6.06. The summed E-state index contributed by atoms with van der Waals surface area (Å²) >= 11 is 0. The molecule has 0 spiro atoms. The molecule has 1 aromatic heterocycles. The molecular weight excluding hydrogens is 250 g/mol. The van der Waals surface area contributed by atoms with Gasteiger partial charge in [-0.3, -0.25) is 9.89 Å². The molecule has 1 aromatic rings. The van der Waals surface area contributed by atoms with Crippen LogP contribution in [0.2, 0.25) is 0 Å². The van der Waals surface area contributed by atoms with E-state index in [0.717, 1.165) is 0 Å². The lowest BCUT2D eigenvalue weighted by Crippen LogP contribution is -2.40. The van der Waals surface area contributed by atoms with E-state index in [1.54, 1.807) is 11.9 Å². The summed E-state index contributed by atoms with van der Waals surface area (Å²) < 4.78 is 0. The van der Waals surface area contributed by atoms with Crippen LogP contribution >= 0.6 is 0 Å². The van der Waals surface area contributed by atoms with E-state index in [0.29, 0.717) is 18.9 Å². The van der Waals surface area contributed by atoms with Crippen molar-refractivity contribution in [3.05, 3.63) is 12.2 Å². The van der Waals surface area contributed by atoms with Crippen molar-refractivity contribution in [2.75, 3.05) is 20.1 Å². The van der Waals surface area contributed by atoms with Gasteiger partial charge in [0.15, 0.2) is 0 Å². The molecule has 0 radical (unpaired) electrons. The Labute approximate surface area is 110 Å². The van der Waals surface area contributed by atoms with E-state index in [4.69, 9.17) is 5.11 Å². The Kier molecular flexibility index (Phi) is 3.68. The number of aromatic amines is 1. The molecule has 8 heteroatoms. The number of nitrogens with zero attached hydrogens (tertiary/aromatic N) is 4. The molecule has 0 aliphatic carbocycles. The zero-order valence-electron chi connectivity index (χ0n) is 10.9. The Morgan fingerprint density at radius 2 is 2.32 bits per heavy atom. The van der Waals surface area contributed by atoms with E-state index in [1.165, 1.54) is 11.2 Å². The van der Waals surface area contributed by atoms with E-state index in [-0.39, 0.29) is 18.5 Å². The Morgan fingerprint density at radius 3 is 2.84 bits per heavy atom. The highest BCUT2D eigenvalue weighted by molar-refractivity contribution is 5.77. The van der Waals surface area contributed by atoms with E-state index in [9.17, 15) is 9.59 Å². The van der Waals surface area contributed by atoms with Gasteiger partial charge in [0.1, 0.15) is 12.2 Å². The number of aromatic nitrogens is 3. The number of nitrogens with one attached hydrogen (secondary N) is 1. The normalized spacial score (nSPS) is 22.5. The minimum Gasteiger partial charge on any atom is -0.481 e. The standard InChI is InChI=1S/C11H17N5O3/c1-7-3-16(4-8(7)10(17)18)11(19)15(2)5-9-12-6-13-14-9/h6-8H,3-5H2,1-2H3,(H,17,18)(H,12,13,14)/t7-,8-/m1/s1. The van der Waals surface area contributed by atoms with Crippen molar-refractivity contribution in [2.24, 2.45) is 11.8 Å². The van der Waals surface area contributed by atoms with Gasteiger partial charge in [-0.15, -0.1) is 0 Å². The second-order valence-electron chi connectivity index (χ2n) is 4.90. The number of rotatable bonds is 3. The summed E-state index contributed by atoms with van der Waals surface area (Å²) in [4.78, 5) is 30.2. The molecule has 2 amide bonds. The number of amides is 2. The number of hydrogen-bond donors (Lipinski definition) is 2. The molecule has 0 aromatic carbocycles. The topological polar surface area (TPSA) is 102 Å². The van der Waals surface area contributed by atoms with Crippen LogP contribution in [0.3, 0.4) is 0 Å². The highest BCUT2D eigenvalue weighted by Crippen LogP contribution is 2.24. The highest BCUT2D eigenvalue weighted by Gasteiger charge is 2.37. The summed E-state index contributed by atoms with van der Waals surface area (Å²) in [5.74, 6) is -0.763. The molecule has 0 saturated carbocycles. The molecule has 0 unspecified atom stereocenters. The molecule has 19 heavy (non-hydrogen) atoms. The van der Waals surface area contributed by atoms with Gasteiger partial charge in [0.05, 0.1) is 12.5 Å². The number of carbonyl (C=O) groups excluding carboxylic acids is 1. The third-order valence-electron chi connectivity index (χ3n) is 3.38. The maximum absolute atomic E-state index is 12.2. The molecule has 1 aliphatic heterocycles. The molecule has 2 rings (SSSR count). The van der Waals surface area contributed by atoms with Gasteiger partial charge < -0.3 is 14.9 Å². The zero-order chi connectivity index (χ0) is 14.0. The average Bonchev–Trinajstić information content (AvgIpc) is 2.97. The minimum atomic E-state index is -0.847. The number of hydrogen-bond acceptors (Lipinski definition) is 4. The van der Waals surface area contributed by atoms with Crippen molar-refractivity contribution < 1.29 is 14.7 Å². The molecule has 0 bridgehead atoms. The second-order valence-corrected chi connectivity index (χ2v) is 4.90. The Bertz CT molecular complexity index is 461. The third kappa shape index (κ3) is 2.83. The van der Waals surface area contributed by atoms with E-state index >= 15 is 0 Å².